The van der Waals surface area contributed by atoms with Gasteiger partial charge in [0.2, 0.25) is 0 Å². The van der Waals surface area contributed by atoms with E-state index in [2.05, 4.69) is 5.32 Å². The maximum atomic E-state index is 13.2. The lowest BCUT2D eigenvalue weighted by Gasteiger charge is -2.36. The highest BCUT2D eigenvalue weighted by atomic mass is 19.1. The molecule has 3 rings (SSSR count). The predicted octanol–water partition coefficient (Wildman–Crippen LogP) is 3.12. The number of hydrogen-bond acceptors (Lipinski definition) is 3. The molecule has 0 spiro atoms. The first-order chi connectivity index (χ1) is 12.0. The highest BCUT2D eigenvalue weighted by Crippen LogP contribution is 2.41. The van der Waals surface area contributed by atoms with Crippen molar-refractivity contribution in [1.29, 1.82) is 0 Å². The number of urea groups is 1. The second-order valence-electron chi connectivity index (χ2n) is 7.16. The van der Waals surface area contributed by atoms with Crippen molar-refractivity contribution in [2.75, 3.05) is 20.2 Å². The zero-order valence-corrected chi connectivity index (χ0v) is 14.7. The second-order valence-corrected chi connectivity index (χ2v) is 7.16. The molecule has 0 radical (unpaired) electrons. The quantitative estimate of drug-likeness (QED) is 0.851. The molecule has 5 nitrogen and oxygen atoms in total. The van der Waals surface area contributed by atoms with Crippen LogP contribution >= 0.6 is 0 Å². The van der Waals surface area contributed by atoms with Gasteiger partial charge in [0.1, 0.15) is 5.82 Å². The van der Waals surface area contributed by atoms with Crippen LogP contribution in [0.3, 0.4) is 0 Å². The van der Waals surface area contributed by atoms with Crippen molar-refractivity contribution in [2.45, 2.75) is 32.2 Å². The third-order valence-electron chi connectivity index (χ3n) is 5.30. The summed E-state index contributed by atoms with van der Waals surface area (Å²) in [7, 11) is 1.40. The largest absolute Gasteiger partial charge is 0.469 e. The fourth-order valence-corrected chi connectivity index (χ4v) is 3.63. The van der Waals surface area contributed by atoms with E-state index >= 15 is 0 Å². The van der Waals surface area contributed by atoms with Crippen molar-refractivity contribution in [3.63, 3.8) is 0 Å². The minimum absolute atomic E-state index is 0.0668. The zero-order valence-electron chi connectivity index (χ0n) is 14.7. The van der Waals surface area contributed by atoms with Gasteiger partial charge in [0, 0.05) is 13.1 Å². The normalized spacial score (nSPS) is 24.5. The Morgan fingerprint density at radius 1 is 1.24 bits per heavy atom. The molecular weight excluding hydrogens is 323 g/mol. The molecule has 136 valence electrons. The SMILES string of the molecule is COC(=O)[C@@H]1CCN(C(=O)N[C@H](c2ccc(F)cc2)C2CC2)C[C@H]1C. The number of methoxy groups -OCH3 is 1. The fraction of sp³-hybridized carbons (Fsp3) is 0.579. The molecule has 1 N–H and O–H groups in total. The zero-order chi connectivity index (χ0) is 18.0. The number of carbonyl (C=O) groups excluding carboxylic acids is 2. The standard InChI is InChI=1S/C19H25FN2O3/c1-12-11-22(10-9-16(12)18(23)25-2)19(24)21-17(13-3-4-13)14-5-7-15(20)8-6-14/h5-8,12-13,16-17H,3-4,9-11H2,1-2H3,(H,21,24)/t12-,16-,17+/m1/s1. The summed E-state index contributed by atoms with van der Waals surface area (Å²) in [5.74, 6) is -0.139. The lowest BCUT2D eigenvalue weighted by atomic mass is 9.87. The minimum Gasteiger partial charge on any atom is -0.469 e. The molecule has 3 atom stereocenters. The fourth-order valence-electron chi connectivity index (χ4n) is 3.63. The summed E-state index contributed by atoms with van der Waals surface area (Å²) in [6.45, 7) is 3.04. The molecule has 1 heterocycles. The van der Waals surface area contributed by atoms with Gasteiger partial charge in [-0.15, -0.1) is 0 Å². The Bertz CT molecular complexity index is 630. The van der Waals surface area contributed by atoms with Crippen LogP contribution in [0.4, 0.5) is 9.18 Å². The summed E-state index contributed by atoms with van der Waals surface area (Å²) in [4.78, 5) is 26.2. The first-order valence-corrected chi connectivity index (χ1v) is 8.88. The van der Waals surface area contributed by atoms with Crippen molar-refractivity contribution in [2.24, 2.45) is 17.8 Å². The first kappa shape index (κ1) is 17.7. The van der Waals surface area contributed by atoms with E-state index in [9.17, 15) is 14.0 Å². The number of rotatable bonds is 4. The number of hydrogen-bond donors (Lipinski definition) is 1. The number of benzene rings is 1. The van der Waals surface area contributed by atoms with E-state index in [1.807, 2.05) is 6.92 Å². The van der Waals surface area contributed by atoms with Crippen molar-refractivity contribution in [3.8, 4) is 0 Å². The summed E-state index contributed by atoms with van der Waals surface area (Å²) >= 11 is 0. The molecule has 1 aromatic rings. The van der Waals surface area contributed by atoms with Gasteiger partial charge >= 0.3 is 12.0 Å². The Labute approximate surface area is 147 Å². The lowest BCUT2D eigenvalue weighted by molar-refractivity contribution is -0.148. The monoisotopic (exact) mass is 348 g/mol. The van der Waals surface area contributed by atoms with Gasteiger partial charge in [0.25, 0.3) is 0 Å². The maximum Gasteiger partial charge on any atom is 0.317 e. The van der Waals surface area contributed by atoms with Gasteiger partial charge in [-0.05, 0) is 48.8 Å². The van der Waals surface area contributed by atoms with Crippen LogP contribution in [0.2, 0.25) is 0 Å². The molecule has 1 aliphatic carbocycles. The Kier molecular flexibility index (Phi) is 5.25. The molecule has 2 aliphatic rings. The van der Waals surface area contributed by atoms with E-state index < -0.39 is 0 Å². The molecule has 0 unspecified atom stereocenters. The third-order valence-corrected chi connectivity index (χ3v) is 5.30. The first-order valence-electron chi connectivity index (χ1n) is 8.88. The van der Waals surface area contributed by atoms with Crippen molar-refractivity contribution >= 4 is 12.0 Å². The van der Waals surface area contributed by atoms with E-state index in [1.165, 1.54) is 19.2 Å². The lowest BCUT2D eigenvalue weighted by Crippen LogP contribution is -2.49. The van der Waals surface area contributed by atoms with E-state index in [0.717, 1.165) is 18.4 Å². The molecule has 1 aliphatic heterocycles. The molecule has 0 bridgehead atoms. The van der Waals surface area contributed by atoms with Crippen molar-refractivity contribution in [1.82, 2.24) is 10.2 Å². The van der Waals surface area contributed by atoms with Gasteiger partial charge in [-0.3, -0.25) is 4.79 Å². The van der Waals surface area contributed by atoms with Gasteiger partial charge in [-0.1, -0.05) is 19.1 Å². The van der Waals surface area contributed by atoms with Gasteiger partial charge < -0.3 is 15.0 Å². The summed E-state index contributed by atoms with van der Waals surface area (Å²) in [6, 6.07) is 6.15. The Hall–Kier alpha value is -2.11. The van der Waals surface area contributed by atoms with Crippen LogP contribution in [0, 0.1) is 23.6 Å². The summed E-state index contributed by atoms with van der Waals surface area (Å²) in [5, 5.41) is 3.11. The van der Waals surface area contributed by atoms with Crippen LogP contribution < -0.4 is 5.32 Å². The molecule has 25 heavy (non-hydrogen) atoms. The molecule has 1 saturated heterocycles. The maximum absolute atomic E-state index is 13.2. The van der Waals surface area contributed by atoms with E-state index in [4.69, 9.17) is 4.74 Å². The molecule has 1 aromatic carbocycles. The van der Waals surface area contributed by atoms with Crippen LogP contribution in [0.25, 0.3) is 0 Å². The third kappa shape index (κ3) is 4.11. The van der Waals surface area contributed by atoms with Crippen molar-refractivity contribution in [3.05, 3.63) is 35.6 Å². The number of amides is 2. The molecule has 6 heteroatoms. The van der Waals surface area contributed by atoms with Crippen LogP contribution in [0.5, 0.6) is 0 Å². The number of halogens is 1. The summed E-state index contributed by atoms with van der Waals surface area (Å²) in [5.41, 5.74) is 0.940. The molecule has 2 amide bonds. The Morgan fingerprint density at radius 2 is 1.92 bits per heavy atom. The van der Waals surface area contributed by atoms with Crippen LogP contribution in [0.1, 0.15) is 37.8 Å². The summed E-state index contributed by atoms with van der Waals surface area (Å²) in [6.07, 6.45) is 2.76. The number of carbonyl (C=O) groups is 2. The number of nitrogens with one attached hydrogen (secondary N) is 1. The van der Waals surface area contributed by atoms with E-state index in [1.54, 1.807) is 17.0 Å². The van der Waals surface area contributed by atoms with Gasteiger partial charge in [0.15, 0.2) is 0 Å². The summed E-state index contributed by atoms with van der Waals surface area (Å²) < 4.78 is 18.0. The molecule has 0 aromatic heterocycles. The van der Waals surface area contributed by atoms with Crippen molar-refractivity contribution < 1.29 is 18.7 Å². The molecule has 2 fully saturated rings. The Balaban J connectivity index is 1.63. The smallest absolute Gasteiger partial charge is 0.317 e. The van der Waals surface area contributed by atoms with Crippen LogP contribution in [0.15, 0.2) is 24.3 Å². The van der Waals surface area contributed by atoms with Gasteiger partial charge in [-0.25, -0.2) is 9.18 Å². The number of ether oxygens (including phenoxy) is 1. The van der Waals surface area contributed by atoms with E-state index in [-0.39, 0.29) is 35.7 Å². The highest BCUT2D eigenvalue weighted by molar-refractivity contribution is 5.76. The topological polar surface area (TPSA) is 58.6 Å². The van der Waals surface area contributed by atoms with Crippen LogP contribution in [-0.4, -0.2) is 37.1 Å². The van der Waals surface area contributed by atoms with Crippen LogP contribution in [-0.2, 0) is 9.53 Å². The highest BCUT2D eigenvalue weighted by Gasteiger charge is 2.37. The number of esters is 1. The van der Waals surface area contributed by atoms with Gasteiger partial charge in [0.05, 0.1) is 19.1 Å². The number of likely N-dealkylation sites (tertiary alicyclic amines) is 1. The number of nitrogens with zero attached hydrogens (tertiary/aromatic N) is 1. The van der Waals surface area contributed by atoms with Gasteiger partial charge in [-0.2, -0.15) is 0 Å². The minimum atomic E-state index is -0.275. The second kappa shape index (κ2) is 7.42. The molecular formula is C19H25FN2O3. The predicted molar refractivity (Wildman–Crippen MR) is 91.3 cm³/mol. The van der Waals surface area contributed by atoms with E-state index in [0.29, 0.717) is 25.4 Å². The molecule has 1 saturated carbocycles. The number of piperidine rings is 1. The average molecular weight is 348 g/mol. The average Bonchev–Trinajstić information content (AvgIpc) is 3.44. The Morgan fingerprint density at radius 3 is 2.48 bits per heavy atom.